The summed E-state index contributed by atoms with van der Waals surface area (Å²) in [6, 6.07) is 0. The van der Waals surface area contributed by atoms with Crippen LogP contribution in [-0.4, -0.2) is 5.67 Å². The normalized spacial score (nSPS) is 31.1. The van der Waals surface area contributed by atoms with E-state index in [1.54, 1.807) is 6.08 Å². The fourth-order valence-electron chi connectivity index (χ4n) is 0.782. The highest BCUT2D eigenvalue weighted by Crippen LogP contribution is 2.24. The van der Waals surface area contributed by atoms with Gasteiger partial charge in [0.1, 0.15) is 5.67 Å². The predicted molar refractivity (Wildman–Crippen MR) is 38.0 cm³/mol. The smallest absolute Gasteiger partial charge is 0.183 e. The molecule has 0 aromatic rings. The van der Waals surface area contributed by atoms with E-state index in [1.165, 1.54) is 19.1 Å². The van der Waals surface area contributed by atoms with E-state index in [4.69, 9.17) is 6.57 Å². The predicted octanol–water partition coefficient (Wildman–Crippen LogP) is 2.48. The minimum absolute atomic E-state index is 0.321. The molecule has 1 unspecified atom stereocenters. The van der Waals surface area contributed by atoms with Crippen LogP contribution < -0.4 is 0 Å². The number of halogens is 1. The van der Waals surface area contributed by atoms with Gasteiger partial charge in [-0.3, -0.25) is 0 Å². The van der Waals surface area contributed by atoms with E-state index >= 15 is 0 Å². The van der Waals surface area contributed by atoms with Gasteiger partial charge in [-0.05, 0) is 13.3 Å². The van der Waals surface area contributed by atoms with Crippen LogP contribution in [0.2, 0.25) is 0 Å². The Morgan fingerprint density at radius 1 is 1.80 bits per heavy atom. The van der Waals surface area contributed by atoms with Gasteiger partial charge < -0.3 is 0 Å². The van der Waals surface area contributed by atoms with Crippen LogP contribution in [0.1, 0.15) is 13.3 Å². The first-order valence-electron chi connectivity index (χ1n) is 3.10. The molecule has 0 fully saturated rings. The summed E-state index contributed by atoms with van der Waals surface area (Å²) in [6.45, 7) is 8.11. The molecule has 1 nitrogen and oxygen atoms in total. The maximum absolute atomic E-state index is 12.9. The Balaban J connectivity index is 2.75. The highest BCUT2D eigenvalue weighted by Gasteiger charge is 2.20. The molecule has 0 saturated carbocycles. The molecule has 2 heteroatoms. The molecule has 0 amide bonds. The number of rotatable bonds is 0. The van der Waals surface area contributed by atoms with Crippen molar-refractivity contribution in [3.63, 3.8) is 0 Å². The van der Waals surface area contributed by atoms with Crippen LogP contribution in [0.3, 0.4) is 0 Å². The Bertz CT molecular complexity index is 230. The molecule has 0 saturated heterocycles. The second-order valence-electron chi connectivity index (χ2n) is 2.56. The van der Waals surface area contributed by atoms with Crippen molar-refractivity contribution in [2.75, 3.05) is 0 Å². The number of hydrogen-bond acceptors (Lipinski definition) is 0. The minimum Gasteiger partial charge on any atom is -0.239 e. The molecular formula is C8H8FN. The summed E-state index contributed by atoms with van der Waals surface area (Å²) in [6.07, 6.45) is 4.89. The van der Waals surface area contributed by atoms with Gasteiger partial charge in [0.2, 0.25) is 0 Å². The summed E-state index contributed by atoms with van der Waals surface area (Å²) in [5, 5.41) is 0. The van der Waals surface area contributed by atoms with Gasteiger partial charge in [-0.15, -0.1) is 0 Å². The molecule has 1 aliphatic rings. The standard InChI is InChI=1S/C8H8FN/c1-8(9)5-3-7(10-2)4-6-8/h3-5H,6H2,1H3. The topological polar surface area (TPSA) is 4.36 Å². The molecule has 0 bridgehead atoms. The van der Waals surface area contributed by atoms with Crippen molar-refractivity contribution in [1.82, 2.24) is 0 Å². The highest BCUT2D eigenvalue weighted by molar-refractivity contribution is 5.31. The lowest BCUT2D eigenvalue weighted by Crippen LogP contribution is -2.14. The molecule has 0 aromatic heterocycles. The molecule has 0 spiro atoms. The van der Waals surface area contributed by atoms with Crippen LogP contribution in [-0.2, 0) is 0 Å². The van der Waals surface area contributed by atoms with Crippen molar-refractivity contribution in [2.45, 2.75) is 19.0 Å². The zero-order valence-corrected chi connectivity index (χ0v) is 5.76. The molecule has 0 aromatic carbocycles. The van der Waals surface area contributed by atoms with Crippen LogP contribution in [0.25, 0.3) is 4.85 Å². The zero-order chi connectivity index (χ0) is 7.61. The number of alkyl halides is 1. The summed E-state index contributed by atoms with van der Waals surface area (Å²) >= 11 is 0. The molecule has 52 valence electrons. The Morgan fingerprint density at radius 2 is 2.50 bits per heavy atom. The lowest BCUT2D eigenvalue weighted by Gasteiger charge is -2.16. The molecular weight excluding hydrogens is 129 g/mol. The van der Waals surface area contributed by atoms with E-state index in [0.717, 1.165) is 0 Å². The lowest BCUT2D eigenvalue weighted by molar-refractivity contribution is 0.259. The second kappa shape index (κ2) is 2.26. The fourth-order valence-corrected chi connectivity index (χ4v) is 0.782. The van der Waals surface area contributed by atoms with E-state index in [2.05, 4.69) is 4.85 Å². The molecule has 1 rings (SSSR count). The fraction of sp³-hybridized carbons (Fsp3) is 0.375. The van der Waals surface area contributed by atoms with E-state index in [1.807, 2.05) is 0 Å². The van der Waals surface area contributed by atoms with Crippen molar-refractivity contribution < 1.29 is 4.39 Å². The van der Waals surface area contributed by atoms with Gasteiger partial charge in [0, 0.05) is 0 Å². The average Bonchev–Trinajstić information content (AvgIpc) is 1.88. The van der Waals surface area contributed by atoms with Gasteiger partial charge in [0.15, 0.2) is 5.70 Å². The Kier molecular flexibility index (Phi) is 1.58. The van der Waals surface area contributed by atoms with Gasteiger partial charge in [-0.25, -0.2) is 9.24 Å². The Hall–Kier alpha value is -1.10. The first-order valence-corrected chi connectivity index (χ1v) is 3.10. The summed E-state index contributed by atoms with van der Waals surface area (Å²) < 4.78 is 12.9. The van der Waals surface area contributed by atoms with Crippen LogP contribution in [0.15, 0.2) is 23.9 Å². The Labute approximate surface area is 59.7 Å². The summed E-state index contributed by atoms with van der Waals surface area (Å²) in [4.78, 5) is 3.17. The van der Waals surface area contributed by atoms with Gasteiger partial charge in [0.05, 0.1) is 6.57 Å². The van der Waals surface area contributed by atoms with Crippen LogP contribution in [0.5, 0.6) is 0 Å². The van der Waals surface area contributed by atoms with Crippen molar-refractivity contribution in [3.05, 3.63) is 35.3 Å². The summed E-state index contributed by atoms with van der Waals surface area (Å²) in [5.41, 5.74) is -0.705. The Morgan fingerprint density at radius 3 is 2.90 bits per heavy atom. The molecule has 0 radical (unpaired) electrons. The van der Waals surface area contributed by atoms with E-state index in [9.17, 15) is 4.39 Å². The monoisotopic (exact) mass is 137 g/mol. The quantitative estimate of drug-likeness (QED) is 0.452. The first kappa shape index (κ1) is 7.01. The maximum atomic E-state index is 12.9. The number of hydrogen-bond donors (Lipinski definition) is 0. The maximum Gasteiger partial charge on any atom is 0.183 e. The SMILES string of the molecule is [C-]#[N+]C1=CCC(C)(F)C=C1. The molecule has 1 aliphatic carbocycles. The van der Waals surface area contributed by atoms with Gasteiger partial charge in [-0.1, -0.05) is 18.2 Å². The molecule has 1 atom stereocenters. The van der Waals surface area contributed by atoms with Crippen molar-refractivity contribution in [3.8, 4) is 0 Å². The van der Waals surface area contributed by atoms with E-state index in [0.29, 0.717) is 12.1 Å². The van der Waals surface area contributed by atoms with E-state index in [-0.39, 0.29) is 0 Å². The van der Waals surface area contributed by atoms with Gasteiger partial charge in [-0.2, -0.15) is 0 Å². The third kappa shape index (κ3) is 1.44. The first-order chi connectivity index (χ1) is 4.64. The zero-order valence-electron chi connectivity index (χ0n) is 5.76. The number of nitrogens with zero attached hydrogens (tertiary/aromatic N) is 1. The number of allylic oxidation sites excluding steroid dienone is 3. The molecule has 10 heavy (non-hydrogen) atoms. The molecule has 0 N–H and O–H groups in total. The van der Waals surface area contributed by atoms with Crippen molar-refractivity contribution >= 4 is 0 Å². The van der Waals surface area contributed by atoms with Crippen LogP contribution in [0.4, 0.5) is 4.39 Å². The van der Waals surface area contributed by atoms with Crippen LogP contribution >= 0.6 is 0 Å². The lowest BCUT2D eigenvalue weighted by atomic mass is 9.99. The van der Waals surface area contributed by atoms with Crippen molar-refractivity contribution in [1.29, 1.82) is 0 Å². The van der Waals surface area contributed by atoms with Crippen LogP contribution in [0, 0.1) is 6.57 Å². The summed E-state index contributed by atoms with van der Waals surface area (Å²) in [5.74, 6) is 0. The second-order valence-corrected chi connectivity index (χ2v) is 2.56. The average molecular weight is 137 g/mol. The largest absolute Gasteiger partial charge is 0.239 e. The third-order valence-electron chi connectivity index (χ3n) is 1.44. The van der Waals surface area contributed by atoms with Crippen molar-refractivity contribution in [2.24, 2.45) is 0 Å². The third-order valence-corrected chi connectivity index (χ3v) is 1.44. The minimum atomic E-state index is -1.24. The highest BCUT2D eigenvalue weighted by atomic mass is 19.1. The van der Waals surface area contributed by atoms with Gasteiger partial charge >= 0.3 is 0 Å². The van der Waals surface area contributed by atoms with Gasteiger partial charge in [0.25, 0.3) is 0 Å². The molecule has 0 heterocycles. The van der Waals surface area contributed by atoms with E-state index < -0.39 is 5.67 Å². The molecule has 0 aliphatic heterocycles. The summed E-state index contributed by atoms with van der Waals surface area (Å²) in [7, 11) is 0.